The van der Waals surface area contributed by atoms with Crippen molar-refractivity contribution >= 4 is 6.09 Å². The molecule has 0 aliphatic rings. The Labute approximate surface area is 89.7 Å². The maximum atomic E-state index is 11.5. The molecule has 0 rings (SSSR count). The minimum absolute atomic E-state index is 0.181. The molecule has 5 nitrogen and oxygen atoms in total. The van der Waals surface area contributed by atoms with Crippen LogP contribution >= 0.6 is 0 Å². The molecule has 0 N–H and O–H groups in total. The number of hydrogen-bond donors (Lipinski definition) is 0. The topological polar surface area (TPSA) is 57.0 Å². The summed E-state index contributed by atoms with van der Waals surface area (Å²) in [6, 6.07) is 2.09. The molecule has 0 aromatic carbocycles. The Morgan fingerprint density at radius 2 is 2.47 bits per heavy atom. The van der Waals surface area contributed by atoms with E-state index in [1.165, 1.54) is 4.90 Å². The van der Waals surface area contributed by atoms with Crippen LogP contribution in [0.4, 0.5) is 4.79 Å². The van der Waals surface area contributed by atoms with Gasteiger partial charge in [0.25, 0.3) is 0 Å². The van der Waals surface area contributed by atoms with Gasteiger partial charge >= 0.3 is 12.2 Å². The standard InChI is InChI=1S/C10H16N2O3/c1-4-8-12(10(13)15-5-2)9(3)6-7-11-14/h4,9H,1,5-6,8H2,2-3H3. The molecule has 0 heterocycles. The molecule has 84 valence electrons. The van der Waals surface area contributed by atoms with Crippen molar-refractivity contribution in [3.8, 4) is 6.07 Å². The number of ether oxygens (including phenoxy) is 1. The van der Waals surface area contributed by atoms with Crippen LogP contribution in [0.3, 0.4) is 0 Å². The van der Waals surface area contributed by atoms with Gasteiger partial charge < -0.3 is 14.8 Å². The van der Waals surface area contributed by atoms with Gasteiger partial charge in [0, 0.05) is 17.6 Å². The van der Waals surface area contributed by atoms with Gasteiger partial charge in [-0.25, -0.2) is 4.79 Å². The van der Waals surface area contributed by atoms with Gasteiger partial charge in [0.1, 0.15) is 6.42 Å². The Balaban J connectivity index is 4.39. The van der Waals surface area contributed by atoms with Crippen LogP contribution in [0.1, 0.15) is 20.3 Å². The summed E-state index contributed by atoms with van der Waals surface area (Å²) in [5, 5.41) is 12.4. The number of rotatable bonds is 5. The SMILES string of the molecule is C=CCN(C(=O)OCC)C(C)CC#[N+][O-]. The van der Waals surface area contributed by atoms with E-state index in [-0.39, 0.29) is 12.5 Å². The molecule has 0 radical (unpaired) electrons. The van der Waals surface area contributed by atoms with Crippen molar-refractivity contribution < 1.29 is 9.53 Å². The highest BCUT2D eigenvalue weighted by Crippen LogP contribution is 2.06. The van der Waals surface area contributed by atoms with Crippen molar-refractivity contribution in [2.45, 2.75) is 26.3 Å². The highest BCUT2D eigenvalue weighted by atomic mass is 16.6. The van der Waals surface area contributed by atoms with Crippen molar-refractivity contribution in [1.82, 2.24) is 4.90 Å². The highest BCUT2D eigenvalue weighted by Gasteiger charge is 2.20. The lowest BCUT2D eigenvalue weighted by Gasteiger charge is -2.24. The maximum absolute atomic E-state index is 11.5. The first-order chi connectivity index (χ1) is 7.17. The second-order valence-corrected chi connectivity index (χ2v) is 2.94. The van der Waals surface area contributed by atoms with Gasteiger partial charge in [0.05, 0.1) is 6.61 Å². The molecule has 0 saturated carbocycles. The molecule has 1 atom stereocenters. The Kier molecular flexibility index (Phi) is 6.81. The van der Waals surface area contributed by atoms with Crippen LogP contribution < -0.4 is 0 Å². The fraction of sp³-hybridized carbons (Fsp3) is 0.600. The van der Waals surface area contributed by atoms with E-state index in [1.807, 2.05) is 0 Å². The number of carbonyl (C=O) groups excluding carboxylic acids is 1. The fourth-order valence-electron chi connectivity index (χ4n) is 1.06. The molecule has 1 amide bonds. The molecule has 0 aromatic heterocycles. The second kappa shape index (κ2) is 7.68. The summed E-state index contributed by atoms with van der Waals surface area (Å²) in [4.78, 5) is 12.9. The monoisotopic (exact) mass is 212 g/mol. The molecular weight excluding hydrogens is 196 g/mol. The molecule has 0 saturated heterocycles. The molecular formula is C10H16N2O3. The minimum Gasteiger partial charge on any atom is -0.498 e. The fourth-order valence-corrected chi connectivity index (χ4v) is 1.06. The van der Waals surface area contributed by atoms with Crippen LogP contribution in [0.15, 0.2) is 12.7 Å². The summed E-state index contributed by atoms with van der Waals surface area (Å²) in [6.45, 7) is 7.77. The summed E-state index contributed by atoms with van der Waals surface area (Å²) >= 11 is 0. The van der Waals surface area contributed by atoms with E-state index in [9.17, 15) is 10.0 Å². The lowest BCUT2D eigenvalue weighted by atomic mass is 10.2. The van der Waals surface area contributed by atoms with Gasteiger partial charge in [-0.3, -0.25) is 0 Å². The zero-order chi connectivity index (χ0) is 11.7. The lowest BCUT2D eigenvalue weighted by molar-refractivity contribution is 0.0989. The molecule has 0 bridgehead atoms. The Hall–Kier alpha value is -1.70. The lowest BCUT2D eigenvalue weighted by Crippen LogP contribution is -2.39. The van der Waals surface area contributed by atoms with E-state index < -0.39 is 6.09 Å². The highest BCUT2D eigenvalue weighted by molar-refractivity contribution is 5.68. The molecule has 0 aromatic rings. The smallest absolute Gasteiger partial charge is 0.410 e. The molecule has 15 heavy (non-hydrogen) atoms. The molecule has 1 unspecified atom stereocenters. The van der Waals surface area contributed by atoms with Crippen LogP contribution in [0, 0.1) is 11.3 Å². The van der Waals surface area contributed by atoms with E-state index in [1.54, 1.807) is 19.9 Å². The second-order valence-electron chi connectivity index (χ2n) is 2.94. The maximum Gasteiger partial charge on any atom is 0.410 e. The van der Waals surface area contributed by atoms with Crippen molar-refractivity contribution in [2.75, 3.05) is 13.2 Å². The zero-order valence-electron chi connectivity index (χ0n) is 9.10. The van der Waals surface area contributed by atoms with Gasteiger partial charge in [-0.15, -0.1) is 6.58 Å². The van der Waals surface area contributed by atoms with Crippen molar-refractivity contribution in [3.05, 3.63) is 22.9 Å². The van der Waals surface area contributed by atoms with Crippen LogP contribution in [0.2, 0.25) is 0 Å². The van der Waals surface area contributed by atoms with Gasteiger partial charge in [0.2, 0.25) is 0 Å². The van der Waals surface area contributed by atoms with E-state index in [2.05, 4.69) is 17.7 Å². The first kappa shape index (κ1) is 13.3. The van der Waals surface area contributed by atoms with Gasteiger partial charge in [-0.05, 0) is 13.8 Å². The third kappa shape index (κ3) is 4.91. The summed E-state index contributed by atoms with van der Waals surface area (Å²) < 4.78 is 4.86. The van der Waals surface area contributed by atoms with Crippen LogP contribution in [-0.4, -0.2) is 30.2 Å². The Bertz CT molecular complexity index is 268. The average molecular weight is 212 g/mol. The Morgan fingerprint density at radius 3 is 2.93 bits per heavy atom. The van der Waals surface area contributed by atoms with Crippen LogP contribution in [-0.2, 0) is 4.74 Å². The summed E-state index contributed by atoms with van der Waals surface area (Å²) in [5.41, 5.74) is 0. The van der Waals surface area contributed by atoms with Gasteiger partial charge in [-0.1, -0.05) is 6.08 Å². The predicted molar refractivity (Wildman–Crippen MR) is 58.6 cm³/mol. The minimum atomic E-state index is -0.419. The van der Waals surface area contributed by atoms with E-state index in [4.69, 9.17) is 4.74 Å². The predicted octanol–water partition coefficient (Wildman–Crippen LogP) is 2.24. The molecule has 0 fully saturated rings. The first-order valence-electron chi connectivity index (χ1n) is 4.76. The molecule has 0 aliphatic heterocycles. The normalized spacial score (nSPS) is 10.8. The van der Waals surface area contributed by atoms with E-state index in [0.717, 1.165) is 0 Å². The molecule has 0 spiro atoms. The summed E-state index contributed by atoms with van der Waals surface area (Å²) in [7, 11) is 0. The van der Waals surface area contributed by atoms with Gasteiger partial charge in [0.15, 0.2) is 0 Å². The van der Waals surface area contributed by atoms with Crippen molar-refractivity contribution in [2.24, 2.45) is 0 Å². The number of amides is 1. The zero-order valence-corrected chi connectivity index (χ0v) is 9.10. The number of nitrogens with zero attached hydrogens (tertiary/aromatic N) is 2. The number of carbonyl (C=O) groups is 1. The summed E-state index contributed by atoms with van der Waals surface area (Å²) in [6.07, 6.45) is 1.47. The molecule has 0 aliphatic carbocycles. The third-order valence-electron chi connectivity index (χ3n) is 1.81. The van der Waals surface area contributed by atoms with Gasteiger partial charge in [-0.2, -0.15) is 0 Å². The van der Waals surface area contributed by atoms with Crippen molar-refractivity contribution in [3.63, 3.8) is 0 Å². The quantitative estimate of drug-likeness (QED) is 0.518. The first-order valence-corrected chi connectivity index (χ1v) is 4.76. The molecule has 5 heteroatoms. The average Bonchev–Trinajstić information content (AvgIpc) is 2.22. The Morgan fingerprint density at radius 1 is 1.80 bits per heavy atom. The largest absolute Gasteiger partial charge is 0.498 e. The van der Waals surface area contributed by atoms with E-state index in [0.29, 0.717) is 13.2 Å². The van der Waals surface area contributed by atoms with Crippen molar-refractivity contribution in [1.29, 1.82) is 0 Å². The van der Waals surface area contributed by atoms with Crippen LogP contribution in [0.5, 0.6) is 0 Å². The van der Waals surface area contributed by atoms with Crippen LogP contribution in [0.25, 0.3) is 5.01 Å². The third-order valence-corrected chi connectivity index (χ3v) is 1.81. The summed E-state index contributed by atoms with van der Waals surface area (Å²) in [5.74, 6) is 0. The number of hydrogen-bond acceptors (Lipinski definition) is 3. The van der Waals surface area contributed by atoms with E-state index >= 15 is 0 Å².